The first-order valence-corrected chi connectivity index (χ1v) is 12.3. The molecule has 0 bridgehead atoms. The molecule has 0 aliphatic heterocycles. The molecular weight excluding hydrogens is 484 g/mol. The molecule has 1 aliphatic rings. The van der Waals surface area contributed by atoms with Crippen molar-refractivity contribution in [2.45, 2.75) is 38.2 Å². The molecule has 1 unspecified atom stereocenters. The van der Waals surface area contributed by atoms with E-state index in [4.69, 9.17) is 14.0 Å². The molecule has 0 radical (unpaired) electrons. The van der Waals surface area contributed by atoms with Crippen LogP contribution in [0.25, 0.3) is 22.4 Å². The fourth-order valence-electron chi connectivity index (χ4n) is 4.50. The Morgan fingerprint density at radius 2 is 1.53 bits per heavy atom. The summed E-state index contributed by atoms with van der Waals surface area (Å²) in [7, 11) is 1.60. The summed E-state index contributed by atoms with van der Waals surface area (Å²) < 4.78 is 16.1. The van der Waals surface area contributed by atoms with Crippen LogP contribution in [0.3, 0.4) is 0 Å². The SMILES string of the molecule is COc1ccc(C(C)OC(=O)Nc2c(-c3ccc(-c4ccc(C5(C(=O)O)CC5)cc4)cc3)noc2C)cc1. The maximum Gasteiger partial charge on any atom is 0.412 e. The molecule has 8 heteroatoms. The summed E-state index contributed by atoms with van der Waals surface area (Å²) in [5, 5.41) is 16.4. The molecule has 0 spiro atoms. The molecule has 1 heterocycles. The number of methoxy groups -OCH3 is 1. The summed E-state index contributed by atoms with van der Waals surface area (Å²) in [5.74, 6) is 0.421. The fraction of sp³-hybridized carbons (Fsp3) is 0.233. The lowest BCUT2D eigenvalue weighted by molar-refractivity contribution is -0.140. The number of aliphatic carboxylic acids is 1. The first-order chi connectivity index (χ1) is 18.3. The van der Waals surface area contributed by atoms with Crippen LogP contribution in [-0.4, -0.2) is 29.4 Å². The number of carbonyl (C=O) groups is 2. The third-order valence-corrected chi connectivity index (χ3v) is 7.05. The van der Waals surface area contributed by atoms with Crippen molar-refractivity contribution in [2.24, 2.45) is 0 Å². The molecular formula is C30H28N2O6. The number of carboxylic acids is 1. The number of carboxylic acid groups (broad SMARTS) is 1. The molecule has 5 rings (SSSR count). The minimum Gasteiger partial charge on any atom is -0.497 e. The summed E-state index contributed by atoms with van der Waals surface area (Å²) >= 11 is 0. The molecule has 1 amide bonds. The smallest absolute Gasteiger partial charge is 0.412 e. The standard InChI is InChI=1S/C30H28N2O6/c1-18(20-10-14-25(36-3)15-11-20)37-29(35)31-26-19(2)38-32-27(26)23-6-4-21(5-7-23)22-8-12-24(13-9-22)30(16-17-30)28(33)34/h4-15,18H,16-17H2,1-3H3,(H,31,35)(H,33,34). The summed E-state index contributed by atoms with van der Waals surface area (Å²) in [5.41, 5.74) is 4.62. The fourth-order valence-corrected chi connectivity index (χ4v) is 4.50. The van der Waals surface area contributed by atoms with Crippen molar-refractivity contribution in [3.05, 3.63) is 89.7 Å². The maximum atomic E-state index is 12.7. The summed E-state index contributed by atoms with van der Waals surface area (Å²) in [4.78, 5) is 24.3. The Morgan fingerprint density at radius 3 is 2.08 bits per heavy atom. The number of hydrogen-bond donors (Lipinski definition) is 2. The van der Waals surface area contributed by atoms with Gasteiger partial charge in [-0.15, -0.1) is 0 Å². The lowest BCUT2D eigenvalue weighted by atomic mass is 9.93. The second-order valence-electron chi connectivity index (χ2n) is 9.45. The van der Waals surface area contributed by atoms with Crippen LogP contribution >= 0.6 is 0 Å². The minimum absolute atomic E-state index is 0.442. The highest BCUT2D eigenvalue weighted by molar-refractivity contribution is 5.91. The van der Waals surface area contributed by atoms with Gasteiger partial charge in [-0.25, -0.2) is 4.79 Å². The van der Waals surface area contributed by atoms with Gasteiger partial charge in [0.05, 0.1) is 12.5 Å². The van der Waals surface area contributed by atoms with Crippen LogP contribution in [0.2, 0.25) is 0 Å². The van der Waals surface area contributed by atoms with E-state index in [1.54, 1.807) is 21.0 Å². The van der Waals surface area contributed by atoms with Gasteiger partial charge in [-0.05, 0) is 61.1 Å². The number of rotatable bonds is 8. The van der Waals surface area contributed by atoms with Crippen molar-refractivity contribution in [2.75, 3.05) is 12.4 Å². The van der Waals surface area contributed by atoms with E-state index in [0.29, 0.717) is 30.0 Å². The van der Waals surface area contributed by atoms with Crippen LogP contribution < -0.4 is 10.1 Å². The predicted octanol–water partition coefficient (Wildman–Crippen LogP) is 6.75. The highest BCUT2D eigenvalue weighted by atomic mass is 16.6. The van der Waals surface area contributed by atoms with Gasteiger partial charge >= 0.3 is 12.1 Å². The largest absolute Gasteiger partial charge is 0.497 e. The summed E-state index contributed by atoms with van der Waals surface area (Å²) in [6.45, 7) is 3.51. The van der Waals surface area contributed by atoms with Gasteiger partial charge in [0, 0.05) is 5.56 Å². The Balaban J connectivity index is 1.28. The van der Waals surface area contributed by atoms with Crippen molar-refractivity contribution < 1.29 is 28.7 Å². The Hall–Kier alpha value is -4.59. The molecule has 194 valence electrons. The number of carbonyl (C=O) groups excluding carboxylic acids is 1. The molecule has 38 heavy (non-hydrogen) atoms. The predicted molar refractivity (Wildman–Crippen MR) is 142 cm³/mol. The maximum absolute atomic E-state index is 12.7. The average Bonchev–Trinajstić information content (AvgIpc) is 3.68. The van der Waals surface area contributed by atoms with E-state index in [9.17, 15) is 14.7 Å². The second-order valence-corrected chi connectivity index (χ2v) is 9.45. The zero-order chi connectivity index (χ0) is 26.9. The van der Waals surface area contributed by atoms with Crippen LogP contribution in [-0.2, 0) is 14.9 Å². The van der Waals surface area contributed by atoms with Crippen molar-refractivity contribution in [1.82, 2.24) is 5.16 Å². The number of nitrogens with one attached hydrogen (secondary N) is 1. The second kappa shape index (κ2) is 10.0. The van der Waals surface area contributed by atoms with Gasteiger partial charge < -0.3 is 19.1 Å². The van der Waals surface area contributed by atoms with Gasteiger partial charge in [-0.1, -0.05) is 65.8 Å². The van der Waals surface area contributed by atoms with Crippen LogP contribution in [0, 0.1) is 6.92 Å². The zero-order valence-electron chi connectivity index (χ0n) is 21.4. The number of nitrogens with zero attached hydrogens (tertiary/aromatic N) is 1. The number of hydrogen-bond acceptors (Lipinski definition) is 6. The van der Waals surface area contributed by atoms with Gasteiger partial charge in [-0.3, -0.25) is 10.1 Å². The van der Waals surface area contributed by atoms with Crippen LogP contribution in [0.4, 0.5) is 10.5 Å². The molecule has 2 N–H and O–H groups in total. The van der Waals surface area contributed by atoms with Gasteiger partial charge in [0.2, 0.25) is 0 Å². The van der Waals surface area contributed by atoms with Crippen LogP contribution in [0.15, 0.2) is 77.3 Å². The minimum atomic E-state index is -0.763. The van der Waals surface area contributed by atoms with Crippen LogP contribution in [0.5, 0.6) is 5.75 Å². The lowest BCUT2D eigenvalue weighted by Crippen LogP contribution is -2.19. The molecule has 1 fully saturated rings. The van der Waals surface area contributed by atoms with Crippen molar-refractivity contribution in [3.8, 4) is 28.1 Å². The Bertz CT molecular complexity index is 1450. The van der Waals surface area contributed by atoms with E-state index < -0.39 is 23.6 Å². The Kier molecular flexibility index (Phi) is 6.63. The third-order valence-electron chi connectivity index (χ3n) is 7.05. The normalized spacial score (nSPS) is 14.4. The van der Waals surface area contributed by atoms with E-state index in [2.05, 4.69) is 10.5 Å². The number of aromatic nitrogens is 1. The molecule has 1 aliphatic carbocycles. The number of anilines is 1. The first-order valence-electron chi connectivity index (χ1n) is 12.3. The highest BCUT2D eigenvalue weighted by Crippen LogP contribution is 2.48. The van der Waals surface area contributed by atoms with Crippen molar-refractivity contribution in [3.63, 3.8) is 0 Å². The summed E-state index contributed by atoms with van der Waals surface area (Å²) in [6, 6.07) is 22.7. The van der Waals surface area contributed by atoms with Gasteiger partial charge in [0.15, 0.2) is 5.76 Å². The van der Waals surface area contributed by atoms with Crippen LogP contribution in [0.1, 0.15) is 42.8 Å². The molecule has 0 saturated heterocycles. The van der Waals surface area contributed by atoms with Crippen molar-refractivity contribution >= 4 is 17.7 Å². The zero-order valence-corrected chi connectivity index (χ0v) is 21.4. The Labute approximate surface area is 220 Å². The van der Waals surface area contributed by atoms with Gasteiger partial charge in [-0.2, -0.15) is 0 Å². The monoisotopic (exact) mass is 512 g/mol. The van der Waals surface area contributed by atoms with Gasteiger partial charge in [0.25, 0.3) is 0 Å². The molecule has 3 aromatic carbocycles. The van der Waals surface area contributed by atoms with Gasteiger partial charge in [0.1, 0.15) is 23.2 Å². The molecule has 1 aromatic heterocycles. The quantitative estimate of drug-likeness (QED) is 0.269. The average molecular weight is 513 g/mol. The number of ether oxygens (including phenoxy) is 2. The third kappa shape index (κ3) is 4.85. The van der Waals surface area contributed by atoms with E-state index in [-0.39, 0.29) is 0 Å². The number of amides is 1. The first kappa shape index (κ1) is 25.1. The van der Waals surface area contributed by atoms with E-state index in [1.807, 2.05) is 72.8 Å². The summed E-state index contributed by atoms with van der Waals surface area (Å²) in [6.07, 6.45) is 0.267. The van der Waals surface area contributed by atoms with E-state index >= 15 is 0 Å². The van der Waals surface area contributed by atoms with E-state index in [0.717, 1.165) is 33.6 Å². The van der Waals surface area contributed by atoms with E-state index in [1.165, 1.54) is 0 Å². The Morgan fingerprint density at radius 1 is 0.947 bits per heavy atom. The lowest BCUT2D eigenvalue weighted by Gasteiger charge is -2.15. The molecule has 4 aromatic rings. The molecule has 1 atom stereocenters. The molecule has 1 saturated carbocycles. The molecule has 8 nitrogen and oxygen atoms in total. The number of aryl methyl sites for hydroxylation is 1. The number of benzene rings is 3. The highest BCUT2D eigenvalue weighted by Gasteiger charge is 2.51. The topological polar surface area (TPSA) is 111 Å². The van der Waals surface area contributed by atoms with Crippen molar-refractivity contribution in [1.29, 1.82) is 0 Å².